The van der Waals surface area contributed by atoms with Gasteiger partial charge in [0.05, 0.1) is 6.61 Å². The molecule has 0 unspecified atom stereocenters. The maximum Gasteiger partial charge on any atom is 0.237 e. The van der Waals surface area contributed by atoms with Crippen LogP contribution in [0.4, 0.5) is 17.8 Å². The zero-order chi connectivity index (χ0) is 18.7. The summed E-state index contributed by atoms with van der Waals surface area (Å²) in [6.45, 7) is 3.90. The van der Waals surface area contributed by atoms with Crippen molar-refractivity contribution in [2.24, 2.45) is 0 Å². The van der Waals surface area contributed by atoms with Gasteiger partial charge in [-0.2, -0.15) is 15.0 Å². The molecule has 0 aliphatic heterocycles. The van der Waals surface area contributed by atoms with E-state index in [9.17, 15) is 5.11 Å². The highest BCUT2D eigenvalue weighted by atomic mass is 16.5. The first-order chi connectivity index (χ1) is 12.1. The van der Waals surface area contributed by atoms with E-state index in [0.29, 0.717) is 0 Å². The Balaban J connectivity index is 3.35. The Bertz CT molecular complexity index is 514. The molecule has 0 aromatic carbocycles. The van der Waals surface area contributed by atoms with Gasteiger partial charge in [-0.3, -0.25) is 9.80 Å². The SMILES string of the molecule is C=CN(COC)c1nc(N(CO)CCO)nc(N(COC)COC)n1. The predicted octanol–water partition coefficient (Wildman–Crippen LogP) is -0.812. The molecule has 1 rings (SSSR count). The second kappa shape index (κ2) is 11.5. The van der Waals surface area contributed by atoms with Crippen molar-refractivity contribution in [2.45, 2.75) is 0 Å². The Morgan fingerprint density at radius 2 is 1.40 bits per heavy atom. The molecule has 1 aromatic rings. The molecule has 0 spiro atoms. The molecule has 2 N–H and O–H groups in total. The number of hydrogen-bond donors (Lipinski definition) is 2. The molecule has 0 aliphatic rings. The summed E-state index contributed by atoms with van der Waals surface area (Å²) in [6, 6.07) is 0. The minimum atomic E-state index is -0.365. The molecule has 0 amide bonds. The second-order valence-corrected chi connectivity index (χ2v) is 4.81. The molecule has 0 fully saturated rings. The van der Waals surface area contributed by atoms with Crippen molar-refractivity contribution in [1.82, 2.24) is 15.0 Å². The third kappa shape index (κ3) is 6.07. The van der Waals surface area contributed by atoms with Crippen LogP contribution in [0.25, 0.3) is 0 Å². The molecule has 0 aliphatic carbocycles. The second-order valence-electron chi connectivity index (χ2n) is 4.81. The van der Waals surface area contributed by atoms with Crippen molar-refractivity contribution >= 4 is 17.8 Å². The van der Waals surface area contributed by atoms with E-state index in [-0.39, 0.29) is 57.9 Å². The standard InChI is InChI=1S/C14H26N6O5/c1-5-18(9-23-2)12-15-13(19(8-22)6-7-21)17-14(16-12)20(10-24-3)11-25-4/h5,21-22H,1,6-11H2,2-4H3. The first kappa shape index (κ1) is 21.0. The number of rotatable bonds is 13. The van der Waals surface area contributed by atoms with Crippen LogP contribution in [0.2, 0.25) is 0 Å². The third-order valence-corrected chi connectivity index (χ3v) is 3.02. The Hall–Kier alpha value is -2.05. The van der Waals surface area contributed by atoms with Crippen LogP contribution in [-0.2, 0) is 14.2 Å². The maximum atomic E-state index is 9.53. The highest BCUT2D eigenvalue weighted by Crippen LogP contribution is 2.19. The number of aromatic nitrogens is 3. The summed E-state index contributed by atoms with van der Waals surface area (Å²) in [5.74, 6) is 0.741. The summed E-state index contributed by atoms with van der Waals surface area (Å²) in [4.78, 5) is 17.6. The number of aliphatic hydroxyl groups is 2. The fourth-order valence-corrected chi connectivity index (χ4v) is 1.90. The van der Waals surface area contributed by atoms with Crippen LogP contribution < -0.4 is 14.7 Å². The maximum absolute atomic E-state index is 9.53. The van der Waals surface area contributed by atoms with Gasteiger partial charge in [0.1, 0.15) is 26.9 Å². The number of aliphatic hydroxyl groups excluding tert-OH is 2. The molecule has 1 aromatic heterocycles. The summed E-state index contributed by atoms with van der Waals surface area (Å²) in [7, 11) is 4.62. The molecular weight excluding hydrogens is 332 g/mol. The van der Waals surface area contributed by atoms with E-state index >= 15 is 0 Å². The molecule has 0 saturated heterocycles. The van der Waals surface area contributed by atoms with E-state index < -0.39 is 0 Å². The van der Waals surface area contributed by atoms with Gasteiger partial charge >= 0.3 is 0 Å². The predicted molar refractivity (Wildman–Crippen MR) is 92.1 cm³/mol. The fraction of sp³-hybridized carbons (Fsp3) is 0.643. The first-order valence-corrected chi connectivity index (χ1v) is 7.48. The average Bonchev–Trinajstić information content (AvgIpc) is 2.63. The van der Waals surface area contributed by atoms with Gasteiger partial charge in [0.25, 0.3) is 0 Å². The molecule has 11 heteroatoms. The minimum Gasteiger partial charge on any atom is -0.395 e. The minimum absolute atomic E-state index is 0.159. The molecule has 0 saturated carbocycles. The third-order valence-electron chi connectivity index (χ3n) is 3.02. The average molecular weight is 358 g/mol. The highest BCUT2D eigenvalue weighted by Gasteiger charge is 2.19. The number of nitrogens with zero attached hydrogens (tertiary/aromatic N) is 6. The highest BCUT2D eigenvalue weighted by molar-refractivity contribution is 5.47. The van der Waals surface area contributed by atoms with Gasteiger partial charge in [0, 0.05) is 34.1 Å². The van der Waals surface area contributed by atoms with Crippen LogP contribution in [0.15, 0.2) is 12.8 Å². The summed E-state index contributed by atoms with van der Waals surface area (Å²) in [5.41, 5.74) is 0. The number of ether oxygens (including phenoxy) is 3. The fourth-order valence-electron chi connectivity index (χ4n) is 1.90. The summed E-state index contributed by atoms with van der Waals surface area (Å²) in [5, 5.41) is 18.7. The van der Waals surface area contributed by atoms with Gasteiger partial charge in [-0.15, -0.1) is 0 Å². The normalized spacial score (nSPS) is 10.6. The molecule has 142 valence electrons. The monoisotopic (exact) mass is 358 g/mol. The Morgan fingerprint density at radius 3 is 1.84 bits per heavy atom. The molecule has 11 nitrogen and oxygen atoms in total. The van der Waals surface area contributed by atoms with Crippen molar-refractivity contribution in [1.29, 1.82) is 0 Å². The number of hydrogen-bond acceptors (Lipinski definition) is 11. The van der Waals surface area contributed by atoms with Gasteiger partial charge in [0.15, 0.2) is 0 Å². The lowest BCUT2D eigenvalue weighted by molar-refractivity contribution is 0.138. The van der Waals surface area contributed by atoms with Gasteiger partial charge in [-0.25, -0.2) is 0 Å². The van der Waals surface area contributed by atoms with E-state index in [4.69, 9.17) is 19.3 Å². The lowest BCUT2D eigenvalue weighted by Crippen LogP contribution is -2.34. The largest absolute Gasteiger partial charge is 0.395 e. The quantitative estimate of drug-likeness (QED) is 0.431. The summed E-state index contributed by atoms with van der Waals surface area (Å²) < 4.78 is 15.4. The molecule has 0 atom stereocenters. The Kier molecular flexibility index (Phi) is 9.65. The van der Waals surface area contributed by atoms with Crippen LogP contribution in [0, 0.1) is 0 Å². The lowest BCUT2D eigenvalue weighted by atomic mass is 10.6. The van der Waals surface area contributed by atoms with Gasteiger partial charge in [-0.1, -0.05) is 6.58 Å². The van der Waals surface area contributed by atoms with Crippen LogP contribution in [0.3, 0.4) is 0 Å². The molecule has 0 radical (unpaired) electrons. The molecule has 25 heavy (non-hydrogen) atoms. The van der Waals surface area contributed by atoms with Gasteiger partial charge in [-0.05, 0) is 0 Å². The Morgan fingerprint density at radius 1 is 0.880 bits per heavy atom. The van der Waals surface area contributed by atoms with Crippen LogP contribution in [0.1, 0.15) is 0 Å². The number of anilines is 3. The molecular formula is C14H26N6O5. The number of methoxy groups -OCH3 is 3. The molecule has 1 heterocycles. The van der Waals surface area contributed by atoms with Crippen LogP contribution >= 0.6 is 0 Å². The van der Waals surface area contributed by atoms with Crippen molar-refractivity contribution in [2.75, 3.05) is 76.1 Å². The molecule has 0 bridgehead atoms. The van der Waals surface area contributed by atoms with E-state index in [2.05, 4.69) is 21.5 Å². The zero-order valence-electron chi connectivity index (χ0n) is 14.8. The van der Waals surface area contributed by atoms with Crippen LogP contribution in [0.5, 0.6) is 0 Å². The van der Waals surface area contributed by atoms with Crippen molar-refractivity contribution in [3.63, 3.8) is 0 Å². The zero-order valence-corrected chi connectivity index (χ0v) is 14.8. The van der Waals surface area contributed by atoms with Crippen molar-refractivity contribution in [3.05, 3.63) is 12.8 Å². The Labute approximate surface area is 147 Å². The van der Waals surface area contributed by atoms with E-state index in [0.717, 1.165) is 0 Å². The van der Waals surface area contributed by atoms with Crippen LogP contribution in [-0.4, -0.2) is 86.6 Å². The summed E-state index contributed by atoms with van der Waals surface area (Å²) >= 11 is 0. The van der Waals surface area contributed by atoms with E-state index in [1.54, 1.807) is 24.0 Å². The van der Waals surface area contributed by atoms with Crippen molar-refractivity contribution in [3.8, 4) is 0 Å². The van der Waals surface area contributed by atoms with Crippen molar-refractivity contribution < 1.29 is 24.4 Å². The van der Waals surface area contributed by atoms with Gasteiger partial charge < -0.3 is 29.3 Å². The van der Waals surface area contributed by atoms with E-state index in [1.165, 1.54) is 18.2 Å². The van der Waals surface area contributed by atoms with Gasteiger partial charge in [0.2, 0.25) is 17.8 Å². The lowest BCUT2D eigenvalue weighted by Gasteiger charge is -2.26. The van der Waals surface area contributed by atoms with E-state index in [1.807, 2.05) is 0 Å². The topological polar surface area (TPSA) is 117 Å². The first-order valence-electron chi connectivity index (χ1n) is 7.48. The smallest absolute Gasteiger partial charge is 0.237 e. The summed E-state index contributed by atoms with van der Waals surface area (Å²) in [6.07, 6.45) is 1.51.